The first-order valence-electron chi connectivity index (χ1n) is 6.66. The minimum Gasteiger partial charge on any atom is -0.336 e. The molecule has 1 aromatic heterocycles. The molecule has 0 aliphatic heterocycles. The molecule has 0 aliphatic rings. The molecule has 0 aliphatic carbocycles. The summed E-state index contributed by atoms with van der Waals surface area (Å²) >= 11 is 1.25. The number of para-hydroxylation sites is 1. The van der Waals surface area contributed by atoms with Crippen LogP contribution in [0.5, 0.6) is 0 Å². The van der Waals surface area contributed by atoms with Crippen LogP contribution in [0.1, 0.15) is 30.9 Å². The summed E-state index contributed by atoms with van der Waals surface area (Å²) in [5.41, 5.74) is 3.09. The first kappa shape index (κ1) is 15.4. The molecule has 2 rings (SSSR count). The molecule has 3 N–H and O–H groups in total. The van der Waals surface area contributed by atoms with Crippen molar-refractivity contribution < 1.29 is 4.79 Å². The van der Waals surface area contributed by atoms with E-state index in [0.29, 0.717) is 11.1 Å². The Morgan fingerprint density at radius 3 is 2.86 bits per heavy atom. The smallest absolute Gasteiger partial charge is 0.234 e. The highest BCUT2D eigenvalue weighted by molar-refractivity contribution is 7.99. The average Bonchev–Trinajstić information content (AvgIpc) is 2.84. The van der Waals surface area contributed by atoms with E-state index in [1.54, 1.807) is 0 Å². The number of nitrogens with one attached hydrogen (secondary N) is 1. The number of nitrogens with two attached hydrogens (primary N) is 1. The van der Waals surface area contributed by atoms with Crippen molar-refractivity contribution in [1.82, 2.24) is 14.9 Å². The Morgan fingerprint density at radius 2 is 2.24 bits per heavy atom. The van der Waals surface area contributed by atoms with Crippen LogP contribution in [0.25, 0.3) is 0 Å². The number of hydrogen-bond acceptors (Lipinski definition) is 5. The normalized spacial score (nSPS) is 10.9. The average molecular weight is 305 g/mol. The lowest BCUT2D eigenvalue weighted by Gasteiger charge is -2.16. The molecule has 0 saturated carbocycles. The zero-order chi connectivity index (χ0) is 15.4. The summed E-state index contributed by atoms with van der Waals surface area (Å²) in [5, 5.41) is 11.0. The molecule has 1 amide bonds. The number of amides is 1. The van der Waals surface area contributed by atoms with Crippen LogP contribution < -0.4 is 11.2 Å². The fraction of sp³-hybridized carbons (Fsp3) is 0.357. The fourth-order valence-electron chi connectivity index (χ4n) is 1.98. The van der Waals surface area contributed by atoms with Crippen LogP contribution in [-0.4, -0.2) is 26.5 Å². The topological polar surface area (TPSA) is 85.8 Å². The van der Waals surface area contributed by atoms with Crippen molar-refractivity contribution in [2.75, 3.05) is 16.9 Å². The standard InChI is InChI=1S/C14H19N5OS/c1-9(2)11-6-4-5-10(3)13(11)17-12(20)7-21-14-18-16-8-19(14)15/h4-6,8-9H,7,15H2,1-3H3,(H,17,20). The minimum absolute atomic E-state index is 0.0841. The Labute approximate surface area is 128 Å². The van der Waals surface area contributed by atoms with Gasteiger partial charge in [0.2, 0.25) is 11.1 Å². The van der Waals surface area contributed by atoms with Gasteiger partial charge in [-0.15, -0.1) is 10.2 Å². The highest BCUT2D eigenvalue weighted by Gasteiger charge is 2.13. The summed E-state index contributed by atoms with van der Waals surface area (Å²) in [6.07, 6.45) is 1.40. The van der Waals surface area contributed by atoms with Crippen LogP contribution >= 0.6 is 11.8 Å². The molecule has 0 unspecified atom stereocenters. The van der Waals surface area contributed by atoms with Gasteiger partial charge in [-0.3, -0.25) is 4.79 Å². The summed E-state index contributed by atoms with van der Waals surface area (Å²) in [4.78, 5) is 12.1. The number of aryl methyl sites for hydroxylation is 1. The third-order valence-electron chi connectivity index (χ3n) is 3.06. The van der Waals surface area contributed by atoms with Crippen molar-refractivity contribution in [3.05, 3.63) is 35.7 Å². The number of thioether (sulfide) groups is 1. The van der Waals surface area contributed by atoms with Gasteiger partial charge in [0.15, 0.2) is 0 Å². The van der Waals surface area contributed by atoms with Crippen LogP contribution in [0.15, 0.2) is 29.7 Å². The first-order chi connectivity index (χ1) is 9.99. The van der Waals surface area contributed by atoms with E-state index < -0.39 is 0 Å². The van der Waals surface area contributed by atoms with Crippen molar-refractivity contribution in [2.45, 2.75) is 31.8 Å². The second kappa shape index (κ2) is 6.62. The predicted octanol–water partition coefficient (Wildman–Crippen LogP) is 2.15. The van der Waals surface area contributed by atoms with Gasteiger partial charge >= 0.3 is 0 Å². The monoisotopic (exact) mass is 305 g/mol. The molecule has 2 aromatic rings. The van der Waals surface area contributed by atoms with Crippen LogP contribution in [0.4, 0.5) is 5.69 Å². The third kappa shape index (κ3) is 3.75. The molecule has 7 heteroatoms. The van der Waals surface area contributed by atoms with Crippen molar-refractivity contribution >= 4 is 23.4 Å². The fourth-order valence-corrected chi connectivity index (χ4v) is 2.62. The maximum Gasteiger partial charge on any atom is 0.234 e. The Hall–Kier alpha value is -2.02. The van der Waals surface area contributed by atoms with E-state index in [-0.39, 0.29) is 11.7 Å². The summed E-state index contributed by atoms with van der Waals surface area (Å²) < 4.78 is 1.30. The SMILES string of the molecule is Cc1cccc(C(C)C)c1NC(=O)CSc1nncn1N. The Morgan fingerprint density at radius 1 is 1.48 bits per heavy atom. The van der Waals surface area contributed by atoms with Crippen LogP contribution in [-0.2, 0) is 4.79 Å². The third-order valence-corrected chi connectivity index (χ3v) is 4.02. The second-order valence-electron chi connectivity index (χ2n) is 5.05. The van der Waals surface area contributed by atoms with E-state index in [2.05, 4.69) is 29.4 Å². The highest BCUT2D eigenvalue weighted by atomic mass is 32.2. The maximum absolute atomic E-state index is 12.1. The van der Waals surface area contributed by atoms with Gasteiger partial charge in [-0.25, -0.2) is 4.68 Å². The summed E-state index contributed by atoms with van der Waals surface area (Å²) in [6.45, 7) is 6.21. The number of benzene rings is 1. The van der Waals surface area contributed by atoms with Crippen LogP contribution in [0.3, 0.4) is 0 Å². The van der Waals surface area contributed by atoms with E-state index in [9.17, 15) is 4.79 Å². The molecule has 0 fully saturated rings. The lowest BCUT2D eigenvalue weighted by atomic mass is 9.98. The van der Waals surface area contributed by atoms with Gasteiger partial charge < -0.3 is 11.2 Å². The number of nitrogens with zero attached hydrogens (tertiary/aromatic N) is 3. The van der Waals surface area contributed by atoms with Crippen molar-refractivity contribution in [3.8, 4) is 0 Å². The molecule has 0 bridgehead atoms. The number of hydrogen-bond donors (Lipinski definition) is 2. The van der Waals surface area contributed by atoms with Gasteiger partial charge in [-0.2, -0.15) is 0 Å². The van der Waals surface area contributed by atoms with Gasteiger partial charge in [0.25, 0.3) is 0 Å². The molecule has 0 radical (unpaired) electrons. The number of carbonyl (C=O) groups excluding carboxylic acids is 1. The lowest BCUT2D eigenvalue weighted by molar-refractivity contribution is -0.113. The number of nitrogen functional groups attached to an aromatic ring is 1. The van der Waals surface area contributed by atoms with Gasteiger partial charge in [0, 0.05) is 5.69 Å². The van der Waals surface area contributed by atoms with E-state index in [0.717, 1.165) is 16.8 Å². The lowest BCUT2D eigenvalue weighted by Crippen LogP contribution is -2.17. The Bertz CT molecular complexity index is 638. The van der Waals surface area contributed by atoms with Crippen LogP contribution in [0, 0.1) is 6.92 Å². The van der Waals surface area contributed by atoms with Crippen molar-refractivity contribution in [1.29, 1.82) is 0 Å². The van der Waals surface area contributed by atoms with Gasteiger partial charge in [-0.05, 0) is 24.0 Å². The largest absolute Gasteiger partial charge is 0.336 e. The number of aromatic nitrogens is 3. The Balaban J connectivity index is 2.05. The molecule has 1 heterocycles. The minimum atomic E-state index is -0.0841. The molecule has 112 valence electrons. The summed E-state index contributed by atoms with van der Waals surface area (Å²) in [5.74, 6) is 6.11. The van der Waals surface area contributed by atoms with E-state index in [1.807, 2.05) is 25.1 Å². The van der Waals surface area contributed by atoms with Crippen LogP contribution in [0.2, 0.25) is 0 Å². The van der Waals surface area contributed by atoms with Gasteiger partial charge in [0.1, 0.15) is 6.33 Å². The molecule has 0 saturated heterocycles. The second-order valence-corrected chi connectivity index (χ2v) is 5.99. The quantitative estimate of drug-likeness (QED) is 0.653. The molecule has 1 aromatic carbocycles. The van der Waals surface area contributed by atoms with E-state index in [4.69, 9.17) is 5.84 Å². The molecule has 0 atom stereocenters. The van der Waals surface area contributed by atoms with E-state index >= 15 is 0 Å². The number of rotatable bonds is 5. The van der Waals surface area contributed by atoms with Crippen molar-refractivity contribution in [2.24, 2.45) is 0 Å². The molecule has 21 heavy (non-hydrogen) atoms. The molecular formula is C14H19N5OS. The predicted molar refractivity (Wildman–Crippen MR) is 84.8 cm³/mol. The molecule has 0 spiro atoms. The first-order valence-corrected chi connectivity index (χ1v) is 7.65. The molecular weight excluding hydrogens is 286 g/mol. The number of carbonyl (C=O) groups is 1. The van der Waals surface area contributed by atoms with Gasteiger partial charge in [-0.1, -0.05) is 43.8 Å². The summed E-state index contributed by atoms with van der Waals surface area (Å²) in [6, 6.07) is 6.04. The maximum atomic E-state index is 12.1. The van der Waals surface area contributed by atoms with Crippen molar-refractivity contribution in [3.63, 3.8) is 0 Å². The zero-order valence-corrected chi connectivity index (χ0v) is 13.1. The zero-order valence-electron chi connectivity index (χ0n) is 12.3. The van der Waals surface area contributed by atoms with Gasteiger partial charge in [0.05, 0.1) is 5.75 Å². The highest BCUT2D eigenvalue weighted by Crippen LogP contribution is 2.27. The number of anilines is 1. The Kier molecular flexibility index (Phi) is 4.85. The molecule has 6 nitrogen and oxygen atoms in total. The van der Waals surface area contributed by atoms with E-state index in [1.165, 1.54) is 22.8 Å². The summed E-state index contributed by atoms with van der Waals surface area (Å²) in [7, 11) is 0.